The van der Waals surface area contributed by atoms with Gasteiger partial charge in [-0.1, -0.05) is 31.6 Å². The van der Waals surface area contributed by atoms with Crippen LogP contribution in [0.25, 0.3) is 0 Å². The van der Waals surface area contributed by atoms with E-state index >= 15 is 0 Å². The molecule has 1 unspecified atom stereocenters. The van der Waals surface area contributed by atoms with Crippen molar-refractivity contribution in [1.29, 1.82) is 0 Å². The zero-order chi connectivity index (χ0) is 14.8. The van der Waals surface area contributed by atoms with Crippen molar-refractivity contribution in [3.05, 3.63) is 23.3 Å². The molecule has 0 aromatic heterocycles. The molecular weight excluding hydrogens is 260 g/mol. The predicted molar refractivity (Wildman–Crippen MR) is 83.7 cm³/mol. The fraction of sp³-hybridized carbons (Fsp3) is 0.789. The van der Waals surface area contributed by atoms with Crippen LogP contribution in [0.15, 0.2) is 23.3 Å². The Morgan fingerprint density at radius 1 is 1.14 bits per heavy atom. The molecule has 2 nitrogen and oxygen atoms in total. The average Bonchev–Trinajstić information content (AvgIpc) is 2.76. The minimum atomic E-state index is -0.264. The summed E-state index contributed by atoms with van der Waals surface area (Å²) in [6, 6.07) is 0. The van der Waals surface area contributed by atoms with Crippen molar-refractivity contribution < 1.29 is 10.2 Å². The summed E-state index contributed by atoms with van der Waals surface area (Å²) in [4.78, 5) is 0. The number of allylic oxidation sites excluding steroid dienone is 3. The summed E-state index contributed by atoms with van der Waals surface area (Å²) < 4.78 is 0. The molecule has 21 heavy (non-hydrogen) atoms. The van der Waals surface area contributed by atoms with Crippen LogP contribution in [0.2, 0.25) is 0 Å². The molecule has 116 valence electrons. The van der Waals surface area contributed by atoms with Gasteiger partial charge in [-0.2, -0.15) is 0 Å². The largest absolute Gasteiger partial charge is 0.393 e. The Hall–Kier alpha value is -0.600. The van der Waals surface area contributed by atoms with Crippen LogP contribution in [-0.2, 0) is 0 Å². The van der Waals surface area contributed by atoms with Crippen molar-refractivity contribution in [3.8, 4) is 0 Å². The second-order valence-electron chi connectivity index (χ2n) is 8.30. The number of aliphatic hydroxyl groups excluding tert-OH is 2. The fourth-order valence-electron chi connectivity index (χ4n) is 6.00. The molecular formula is C19H28O2. The Balaban J connectivity index is 1.84. The van der Waals surface area contributed by atoms with Gasteiger partial charge in [0.15, 0.2) is 0 Å². The van der Waals surface area contributed by atoms with Crippen molar-refractivity contribution in [2.24, 2.45) is 22.7 Å². The van der Waals surface area contributed by atoms with Gasteiger partial charge in [-0.05, 0) is 62.4 Å². The lowest BCUT2D eigenvalue weighted by Gasteiger charge is -2.53. The van der Waals surface area contributed by atoms with Crippen molar-refractivity contribution in [2.75, 3.05) is 0 Å². The molecule has 0 spiro atoms. The zero-order valence-electron chi connectivity index (χ0n) is 13.3. The smallest absolute Gasteiger partial charge is 0.0759 e. The third-order valence-corrected chi connectivity index (χ3v) is 7.43. The number of hydrogen-bond donors (Lipinski definition) is 2. The minimum absolute atomic E-state index is 0.00138. The molecule has 2 N–H and O–H groups in total. The summed E-state index contributed by atoms with van der Waals surface area (Å²) in [5.74, 6) is 1.01. The second kappa shape index (κ2) is 4.45. The number of rotatable bonds is 0. The summed E-state index contributed by atoms with van der Waals surface area (Å²) in [5.41, 5.74) is 3.02. The maximum absolute atomic E-state index is 10.8. The molecule has 1 saturated carbocycles. The highest BCUT2D eigenvalue weighted by molar-refractivity contribution is 5.40. The highest BCUT2D eigenvalue weighted by atomic mass is 16.3. The van der Waals surface area contributed by atoms with Gasteiger partial charge in [0.05, 0.1) is 12.2 Å². The van der Waals surface area contributed by atoms with Crippen LogP contribution in [0.1, 0.15) is 58.8 Å². The normalized spacial score (nSPS) is 52.4. The van der Waals surface area contributed by atoms with Gasteiger partial charge in [-0.25, -0.2) is 0 Å². The van der Waals surface area contributed by atoms with Crippen LogP contribution in [0.3, 0.4) is 0 Å². The first-order chi connectivity index (χ1) is 9.97. The topological polar surface area (TPSA) is 40.5 Å². The molecule has 6 atom stereocenters. The lowest BCUT2D eigenvalue weighted by molar-refractivity contribution is 0.0120. The van der Waals surface area contributed by atoms with Gasteiger partial charge in [0.1, 0.15) is 0 Å². The van der Waals surface area contributed by atoms with Crippen molar-refractivity contribution in [2.45, 2.75) is 71.0 Å². The molecule has 0 aromatic rings. The van der Waals surface area contributed by atoms with Gasteiger partial charge in [0.25, 0.3) is 0 Å². The number of hydrogen-bond acceptors (Lipinski definition) is 2. The summed E-state index contributed by atoms with van der Waals surface area (Å²) >= 11 is 0. The van der Waals surface area contributed by atoms with E-state index in [0.717, 1.165) is 38.5 Å². The number of fused-ring (bicyclic) bond motifs is 4. The molecule has 4 aliphatic carbocycles. The van der Waals surface area contributed by atoms with Crippen LogP contribution >= 0.6 is 0 Å². The molecule has 0 bridgehead atoms. The lowest BCUT2D eigenvalue weighted by Crippen LogP contribution is -2.47. The summed E-state index contributed by atoms with van der Waals surface area (Å²) in [6.07, 6.45) is 11.7. The first-order valence-corrected chi connectivity index (χ1v) is 8.74. The molecule has 0 saturated heterocycles. The monoisotopic (exact) mass is 288 g/mol. The average molecular weight is 288 g/mol. The molecule has 0 heterocycles. The van der Waals surface area contributed by atoms with E-state index in [2.05, 4.69) is 26.0 Å². The van der Waals surface area contributed by atoms with Crippen LogP contribution in [0.4, 0.5) is 0 Å². The van der Waals surface area contributed by atoms with Crippen molar-refractivity contribution >= 4 is 0 Å². The Kier molecular flexibility index (Phi) is 2.97. The Bertz CT molecular complexity index is 520. The highest BCUT2D eigenvalue weighted by Crippen LogP contribution is 2.62. The van der Waals surface area contributed by atoms with E-state index in [1.807, 2.05) is 0 Å². The van der Waals surface area contributed by atoms with E-state index in [0.29, 0.717) is 11.8 Å². The van der Waals surface area contributed by atoms with Gasteiger partial charge in [-0.3, -0.25) is 0 Å². The molecule has 4 rings (SSSR count). The standard InChI is InChI=1S/C19H28O2/c1-18-9-4-3-5-12(18)11-15(20)17-13-6-7-16(21)19(13,2)10-8-14(17)18/h4,9,12-13,15-16,20-21H,3,5-8,10-11H2,1-2H3/t12?,13-,15-,16-,18-,19-/m0/s1. The fourth-order valence-corrected chi connectivity index (χ4v) is 6.00. The molecule has 2 heteroatoms. The predicted octanol–water partition coefficient (Wildman–Crippen LogP) is 3.59. The summed E-state index contributed by atoms with van der Waals surface area (Å²) in [6.45, 7) is 4.64. The first kappa shape index (κ1) is 14.0. The van der Waals surface area contributed by atoms with Crippen molar-refractivity contribution in [3.63, 3.8) is 0 Å². The lowest BCUT2D eigenvalue weighted by atomic mass is 9.52. The highest BCUT2D eigenvalue weighted by Gasteiger charge is 2.55. The first-order valence-electron chi connectivity index (χ1n) is 8.74. The van der Waals surface area contributed by atoms with E-state index in [-0.39, 0.29) is 23.0 Å². The quantitative estimate of drug-likeness (QED) is 0.669. The maximum Gasteiger partial charge on any atom is 0.0759 e. The molecule has 0 aromatic carbocycles. The van der Waals surface area contributed by atoms with E-state index < -0.39 is 0 Å². The molecule has 0 radical (unpaired) electrons. The van der Waals surface area contributed by atoms with Gasteiger partial charge in [0.2, 0.25) is 0 Å². The summed E-state index contributed by atoms with van der Waals surface area (Å²) in [7, 11) is 0. The van der Waals surface area contributed by atoms with Crippen LogP contribution in [-0.4, -0.2) is 22.4 Å². The van der Waals surface area contributed by atoms with Crippen LogP contribution in [0.5, 0.6) is 0 Å². The van der Waals surface area contributed by atoms with E-state index in [9.17, 15) is 10.2 Å². The minimum Gasteiger partial charge on any atom is -0.393 e. The Morgan fingerprint density at radius 2 is 1.95 bits per heavy atom. The number of aliphatic hydroxyl groups is 2. The molecule has 1 fully saturated rings. The van der Waals surface area contributed by atoms with Crippen LogP contribution in [0, 0.1) is 22.7 Å². The Morgan fingerprint density at radius 3 is 2.76 bits per heavy atom. The van der Waals surface area contributed by atoms with E-state index in [4.69, 9.17) is 0 Å². The Labute approximate surface area is 127 Å². The second-order valence-corrected chi connectivity index (χ2v) is 8.30. The van der Waals surface area contributed by atoms with E-state index in [1.165, 1.54) is 17.6 Å². The molecule has 0 amide bonds. The SMILES string of the molecule is C[C@]12CCC3=C([C@@H](O)CC4CCC=C[C@]34C)[C@@H]1CC[C@@H]2O. The van der Waals surface area contributed by atoms with Gasteiger partial charge in [-0.15, -0.1) is 0 Å². The molecule has 4 aliphatic rings. The maximum atomic E-state index is 10.8. The van der Waals surface area contributed by atoms with Crippen molar-refractivity contribution in [1.82, 2.24) is 0 Å². The van der Waals surface area contributed by atoms with Crippen LogP contribution < -0.4 is 0 Å². The van der Waals surface area contributed by atoms with Gasteiger partial charge < -0.3 is 10.2 Å². The third-order valence-electron chi connectivity index (χ3n) is 7.43. The van der Waals surface area contributed by atoms with Gasteiger partial charge >= 0.3 is 0 Å². The summed E-state index contributed by atoms with van der Waals surface area (Å²) in [5, 5.41) is 21.3. The van der Waals surface area contributed by atoms with E-state index in [1.54, 1.807) is 0 Å². The van der Waals surface area contributed by atoms with Gasteiger partial charge in [0, 0.05) is 10.8 Å². The zero-order valence-corrected chi connectivity index (χ0v) is 13.3. The molecule has 0 aliphatic heterocycles. The third kappa shape index (κ3) is 1.72.